The Balaban J connectivity index is 2.42. The quantitative estimate of drug-likeness (QED) is 0.516. The molecule has 22 heavy (non-hydrogen) atoms. The maximum atomic E-state index is 9.38. The number of rotatable bonds is 5. The molecule has 0 atom stereocenters. The molecule has 0 aromatic heterocycles. The topological polar surface area (TPSA) is 32.5 Å². The highest BCUT2D eigenvalue weighted by molar-refractivity contribution is 5.89. The molecule has 0 aliphatic carbocycles. The molecule has 0 saturated heterocycles. The Morgan fingerprint density at radius 2 is 1.45 bits per heavy atom. The molecule has 2 aromatic carbocycles. The second-order valence-electron chi connectivity index (χ2n) is 4.80. The zero-order valence-corrected chi connectivity index (χ0v) is 12.8. The summed E-state index contributed by atoms with van der Waals surface area (Å²) in [7, 11) is 3.26. The van der Waals surface area contributed by atoms with Crippen LogP contribution in [0.4, 0.5) is 0 Å². The molecular formula is C19H20NO2+. The number of hydrogen-bond donors (Lipinski definition) is 1. The van der Waals surface area contributed by atoms with Crippen molar-refractivity contribution < 1.29 is 14.4 Å². The van der Waals surface area contributed by atoms with Gasteiger partial charge in [0.15, 0.2) is 6.21 Å². The molecule has 2 aromatic rings. The van der Waals surface area contributed by atoms with E-state index in [1.165, 1.54) is 13.3 Å². The Hall–Kier alpha value is -2.81. The fourth-order valence-electron chi connectivity index (χ4n) is 2.06. The molecule has 0 radical (unpaired) electrons. The van der Waals surface area contributed by atoms with Gasteiger partial charge in [-0.3, -0.25) is 0 Å². The highest BCUT2D eigenvalue weighted by Gasteiger charge is 2.04. The standard InChI is InChI=1S/C19H19NO2/c1-20(15-19(21)22-2)14-13-18(16-9-5-3-6-10-16)17-11-7-4-8-12-17/h3-15H,1-2H3/p+1/b19-15+,20-14?. The van der Waals surface area contributed by atoms with E-state index in [1.54, 1.807) is 4.58 Å². The van der Waals surface area contributed by atoms with Crippen molar-refractivity contribution in [1.29, 1.82) is 0 Å². The van der Waals surface area contributed by atoms with Crippen LogP contribution in [0.3, 0.4) is 0 Å². The predicted octanol–water partition coefficient (Wildman–Crippen LogP) is 3.83. The molecule has 3 heteroatoms. The lowest BCUT2D eigenvalue weighted by atomic mass is 9.98. The number of aliphatic hydroxyl groups excluding tert-OH is 1. The summed E-state index contributed by atoms with van der Waals surface area (Å²) in [6.45, 7) is 0. The van der Waals surface area contributed by atoms with Gasteiger partial charge >= 0.3 is 5.95 Å². The lowest BCUT2D eigenvalue weighted by Gasteiger charge is -2.06. The Bertz CT molecular complexity index is 644. The number of methoxy groups -OCH3 is 1. The van der Waals surface area contributed by atoms with Gasteiger partial charge in [0.1, 0.15) is 7.05 Å². The summed E-state index contributed by atoms with van der Waals surface area (Å²) in [5, 5.41) is 9.38. The first-order valence-electron chi connectivity index (χ1n) is 7.03. The second-order valence-corrected chi connectivity index (χ2v) is 4.80. The number of aliphatic hydroxyl groups is 1. The number of allylic oxidation sites excluding steroid dienone is 1. The molecule has 0 aliphatic rings. The van der Waals surface area contributed by atoms with Crippen molar-refractivity contribution >= 4 is 11.8 Å². The molecule has 1 N–H and O–H groups in total. The molecule has 0 bridgehead atoms. The zero-order chi connectivity index (χ0) is 15.8. The molecule has 112 valence electrons. The van der Waals surface area contributed by atoms with Gasteiger partial charge in [-0.25, -0.2) is 4.58 Å². The summed E-state index contributed by atoms with van der Waals surface area (Å²) in [6, 6.07) is 20.4. The predicted molar refractivity (Wildman–Crippen MR) is 89.9 cm³/mol. The summed E-state index contributed by atoms with van der Waals surface area (Å²) in [5.41, 5.74) is 3.38. The van der Waals surface area contributed by atoms with Gasteiger partial charge in [-0.05, 0) is 16.7 Å². The fraction of sp³-hybridized carbons (Fsp3) is 0.105. The van der Waals surface area contributed by atoms with Gasteiger partial charge in [0.05, 0.1) is 7.11 Å². The van der Waals surface area contributed by atoms with Crippen molar-refractivity contribution in [2.24, 2.45) is 0 Å². The van der Waals surface area contributed by atoms with Gasteiger partial charge in [0, 0.05) is 6.08 Å². The van der Waals surface area contributed by atoms with E-state index in [0.29, 0.717) is 0 Å². The number of hydrogen-bond acceptors (Lipinski definition) is 2. The Morgan fingerprint density at radius 1 is 0.955 bits per heavy atom. The average molecular weight is 294 g/mol. The van der Waals surface area contributed by atoms with Crippen LogP contribution in [0.5, 0.6) is 0 Å². The molecule has 0 saturated carbocycles. The summed E-state index contributed by atoms with van der Waals surface area (Å²) < 4.78 is 6.47. The van der Waals surface area contributed by atoms with Crippen LogP contribution in [0.15, 0.2) is 78.9 Å². The van der Waals surface area contributed by atoms with Crippen LogP contribution in [-0.2, 0) is 4.74 Å². The molecule has 0 unspecified atom stereocenters. The van der Waals surface area contributed by atoms with Crippen LogP contribution in [0, 0.1) is 0 Å². The van der Waals surface area contributed by atoms with Crippen molar-refractivity contribution in [3.8, 4) is 0 Å². The van der Waals surface area contributed by atoms with Crippen LogP contribution < -0.4 is 0 Å². The second kappa shape index (κ2) is 7.84. The van der Waals surface area contributed by atoms with E-state index >= 15 is 0 Å². The SMILES string of the molecule is CO/C(O)=C/[N+](C)=CC=C(c1ccccc1)c1ccccc1. The van der Waals surface area contributed by atoms with Gasteiger partial charge in [0.25, 0.3) is 0 Å². The van der Waals surface area contributed by atoms with Gasteiger partial charge in [-0.2, -0.15) is 0 Å². The molecule has 0 amide bonds. The summed E-state index contributed by atoms with van der Waals surface area (Å²) in [5.74, 6) is -0.131. The number of benzene rings is 2. The highest BCUT2D eigenvalue weighted by atomic mass is 16.6. The van der Waals surface area contributed by atoms with Crippen LogP contribution in [0.1, 0.15) is 11.1 Å². The molecule has 0 heterocycles. The van der Waals surface area contributed by atoms with Crippen molar-refractivity contribution in [1.82, 2.24) is 0 Å². The number of nitrogens with zero attached hydrogens (tertiary/aromatic N) is 1. The third-order valence-corrected chi connectivity index (χ3v) is 3.17. The minimum absolute atomic E-state index is 0.131. The summed E-state index contributed by atoms with van der Waals surface area (Å²) in [6.07, 6.45) is 5.40. The summed E-state index contributed by atoms with van der Waals surface area (Å²) in [4.78, 5) is 0. The van der Waals surface area contributed by atoms with Gasteiger partial charge in [-0.15, -0.1) is 0 Å². The molecule has 3 nitrogen and oxygen atoms in total. The third-order valence-electron chi connectivity index (χ3n) is 3.17. The van der Waals surface area contributed by atoms with E-state index in [-0.39, 0.29) is 5.95 Å². The minimum Gasteiger partial charge on any atom is -0.477 e. The first-order chi connectivity index (χ1) is 10.7. The molecule has 0 aliphatic heterocycles. The number of ether oxygens (including phenoxy) is 1. The van der Waals surface area contributed by atoms with E-state index in [9.17, 15) is 5.11 Å². The molecule has 0 spiro atoms. The highest BCUT2D eigenvalue weighted by Crippen LogP contribution is 2.22. The van der Waals surface area contributed by atoms with Gasteiger partial charge in [-0.1, -0.05) is 60.7 Å². The van der Waals surface area contributed by atoms with E-state index < -0.39 is 0 Å². The maximum Gasteiger partial charge on any atom is 0.343 e. The van der Waals surface area contributed by atoms with E-state index in [4.69, 9.17) is 4.74 Å². The molecule has 0 fully saturated rings. The largest absolute Gasteiger partial charge is 0.477 e. The fourth-order valence-corrected chi connectivity index (χ4v) is 2.06. The van der Waals surface area contributed by atoms with E-state index in [0.717, 1.165) is 16.7 Å². The molecule has 2 rings (SSSR count). The van der Waals surface area contributed by atoms with E-state index in [1.807, 2.05) is 55.7 Å². The van der Waals surface area contributed by atoms with Crippen LogP contribution >= 0.6 is 0 Å². The normalized spacial score (nSPS) is 11.9. The smallest absolute Gasteiger partial charge is 0.343 e. The van der Waals surface area contributed by atoms with Gasteiger partial charge in [0.2, 0.25) is 6.20 Å². The lowest BCUT2D eigenvalue weighted by molar-refractivity contribution is -0.420. The first kappa shape index (κ1) is 15.6. The lowest BCUT2D eigenvalue weighted by Crippen LogP contribution is -2.00. The Labute approximate surface area is 131 Å². The Kier molecular flexibility index (Phi) is 5.55. The maximum absolute atomic E-state index is 9.38. The summed E-state index contributed by atoms with van der Waals surface area (Å²) >= 11 is 0. The van der Waals surface area contributed by atoms with Crippen molar-refractivity contribution in [2.45, 2.75) is 0 Å². The van der Waals surface area contributed by atoms with Crippen LogP contribution in [-0.4, -0.2) is 30.1 Å². The first-order valence-corrected chi connectivity index (χ1v) is 7.03. The third kappa shape index (κ3) is 4.35. The zero-order valence-electron chi connectivity index (χ0n) is 12.8. The minimum atomic E-state index is -0.131. The Morgan fingerprint density at radius 3 is 1.91 bits per heavy atom. The van der Waals surface area contributed by atoms with Crippen molar-refractivity contribution in [2.75, 3.05) is 14.2 Å². The van der Waals surface area contributed by atoms with Crippen molar-refractivity contribution in [3.05, 3.63) is 90.0 Å². The monoisotopic (exact) mass is 294 g/mol. The van der Waals surface area contributed by atoms with Gasteiger partial charge < -0.3 is 9.84 Å². The van der Waals surface area contributed by atoms with Crippen molar-refractivity contribution in [3.63, 3.8) is 0 Å². The molecular weight excluding hydrogens is 274 g/mol. The van der Waals surface area contributed by atoms with E-state index in [2.05, 4.69) is 24.3 Å². The average Bonchev–Trinajstić information content (AvgIpc) is 2.57. The van der Waals surface area contributed by atoms with Crippen LogP contribution in [0.2, 0.25) is 0 Å². The van der Waals surface area contributed by atoms with Crippen LogP contribution in [0.25, 0.3) is 5.57 Å².